The Hall–Kier alpha value is -0.280. The van der Waals surface area contributed by atoms with E-state index in [2.05, 4.69) is 11.9 Å². The van der Waals surface area contributed by atoms with Crippen LogP contribution in [0, 0.1) is 5.92 Å². The Balaban J connectivity index is 2.11. The number of hydrogen-bond donors (Lipinski definition) is 1. The van der Waals surface area contributed by atoms with Gasteiger partial charge in [0, 0.05) is 19.0 Å². The highest BCUT2D eigenvalue weighted by atomic mass is 35.5. The number of aliphatic hydroxyl groups excluding tert-OH is 1. The first-order chi connectivity index (χ1) is 8.08. The van der Waals surface area contributed by atoms with Gasteiger partial charge in [-0.25, -0.2) is 0 Å². The minimum atomic E-state index is -0.235. The van der Waals surface area contributed by atoms with Crippen molar-refractivity contribution in [3.63, 3.8) is 0 Å². The summed E-state index contributed by atoms with van der Waals surface area (Å²) in [6, 6.07) is 5.68. The second kappa shape index (κ2) is 5.57. The van der Waals surface area contributed by atoms with E-state index >= 15 is 0 Å². The van der Waals surface area contributed by atoms with Gasteiger partial charge in [-0.05, 0) is 31.5 Å². The Labute approximate surface area is 112 Å². The van der Waals surface area contributed by atoms with E-state index in [-0.39, 0.29) is 12.0 Å². The summed E-state index contributed by atoms with van der Waals surface area (Å²) in [5, 5.41) is 11.2. The third kappa shape index (κ3) is 3.14. The van der Waals surface area contributed by atoms with Crippen molar-refractivity contribution in [2.24, 2.45) is 5.92 Å². The minimum absolute atomic E-state index is 0.235. The fourth-order valence-corrected chi connectivity index (χ4v) is 2.79. The summed E-state index contributed by atoms with van der Waals surface area (Å²) in [6.45, 7) is 1.87. The second-order valence-electron chi connectivity index (χ2n) is 4.80. The largest absolute Gasteiger partial charge is 0.393 e. The molecule has 2 nitrogen and oxygen atoms in total. The van der Waals surface area contributed by atoms with Crippen LogP contribution in [0.1, 0.15) is 12.0 Å². The Morgan fingerprint density at radius 3 is 2.94 bits per heavy atom. The van der Waals surface area contributed by atoms with Gasteiger partial charge in [0.15, 0.2) is 0 Å². The molecule has 1 aromatic rings. The van der Waals surface area contributed by atoms with Crippen molar-refractivity contribution in [3.8, 4) is 0 Å². The number of piperidine rings is 1. The van der Waals surface area contributed by atoms with Crippen molar-refractivity contribution in [1.29, 1.82) is 0 Å². The van der Waals surface area contributed by atoms with Crippen LogP contribution < -0.4 is 0 Å². The zero-order valence-corrected chi connectivity index (χ0v) is 11.4. The molecule has 2 atom stereocenters. The van der Waals surface area contributed by atoms with Gasteiger partial charge < -0.3 is 10.0 Å². The molecule has 0 amide bonds. The summed E-state index contributed by atoms with van der Waals surface area (Å²) < 4.78 is 0. The topological polar surface area (TPSA) is 23.5 Å². The third-order valence-corrected chi connectivity index (χ3v) is 4.27. The zero-order chi connectivity index (χ0) is 12.4. The number of rotatable bonds is 2. The van der Waals surface area contributed by atoms with Crippen LogP contribution in [0.25, 0.3) is 0 Å². The molecule has 0 radical (unpaired) electrons. The van der Waals surface area contributed by atoms with Gasteiger partial charge in [0.1, 0.15) is 0 Å². The predicted molar refractivity (Wildman–Crippen MR) is 71.8 cm³/mol. The molecular formula is C13H17Cl2NO. The molecule has 2 rings (SSSR count). The first kappa shape index (κ1) is 13.2. The highest BCUT2D eigenvalue weighted by Crippen LogP contribution is 2.29. The molecule has 1 saturated heterocycles. The molecular weight excluding hydrogens is 257 g/mol. The number of nitrogens with zero attached hydrogens (tertiary/aromatic N) is 1. The van der Waals surface area contributed by atoms with E-state index in [0.717, 1.165) is 31.5 Å². The number of likely N-dealkylation sites (tertiary alicyclic amines) is 1. The van der Waals surface area contributed by atoms with Gasteiger partial charge in [0.05, 0.1) is 16.1 Å². The molecule has 0 spiro atoms. The van der Waals surface area contributed by atoms with E-state index in [1.54, 1.807) is 6.07 Å². The zero-order valence-electron chi connectivity index (χ0n) is 9.87. The second-order valence-corrected chi connectivity index (χ2v) is 5.58. The van der Waals surface area contributed by atoms with Crippen molar-refractivity contribution >= 4 is 23.2 Å². The van der Waals surface area contributed by atoms with Gasteiger partial charge in [0.25, 0.3) is 0 Å². The molecule has 0 bridgehead atoms. The van der Waals surface area contributed by atoms with Crippen LogP contribution in [0.4, 0.5) is 0 Å². The maximum Gasteiger partial charge on any atom is 0.0624 e. The van der Waals surface area contributed by atoms with Crippen molar-refractivity contribution in [2.45, 2.75) is 18.9 Å². The smallest absolute Gasteiger partial charge is 0.0624 e. The predicted octanol–water partition coefficient (Wildman–Crippen LogP) is 2.85. The molecule has 1 fully saturated rings. The van der Waals surface area contributed by atoms with E-state index < -0.39 is 0 Å². The summed E-state index contributed by atoms with van der Waals surface area (Å²) in [4.78, 5) is 2.25. The molecule has 1 aliphatic rings. The van der Waals surface area contributed by atoms with Crippen LogP contribution in [0.15, 0.2) is 18.2 Å². The van der Waals surface area contributed by atoms with E-state index in [9.17, 15) is 5.11 Å². The van der Waals surface area contributed by atoms with Crippen LogP contribution in [-0.2, 0) is 6.42 Å². The van der Waals surface area contributed by atoms with E-state index in [1.807, 2.05) is 12.1 Å². The number of benzene rings is 1. The number of hydrogen-bond acceptors (Lipinski definition) is 2. The molecule has 94 valence electrons. The van der Waals surface area contributed by atoms with Crippen LogP contribution in [0.3, 0.4) is 0 Å². The molecule has 0 aliphatic carbocycles. The Bertz CT molecular complexity index is 397. The van der Waals surface area contributed by atoms with Crippen LogP contribution in [0.2, 0.25) is 10.0 Å². The average Bonchev–Trinajstić information content (AvgIpc) is 2.30. The summed E-state index contributed by atoms with van der Waals surface area (Å²) >= 11 is 12.2. The molecule has 1 aromatic carbocycles. The highest BCUT2D eigenvalue weighted by Gasteiger charge is 2.26. The molecule has 0 aromatic heterocycles. The standard InChI is InChI=1S/C13H17Cl2NO/c1-16-6-5-12(17)10(8-16)7-9-3-2-4-11(14)13(9)15/h2-4,10,12,17H,5-8H2,1H3. The molecule has 1 N–H and O–H groups in total. The Morgan fingerprint density at radius 2 is 2.18 bits per heavy atom. The lowest BCUT2D eigenvalue weighted by molar-refractivity contribution is 0.0366. The summed E-state index contributed by atoms with van der Waals surface area (Å²) in [6.07, 6.45) is 1.38. The number of aliphatic hydroxyl groups is 1. The molecule has 17 heavy (non-hydrogen) atoms. The summed E-state index contributed by atoms with van der Waals surface area (Å²) in [5.41, 5.74) is 1.03. The maximum absolute atomic E-state index is 10.0. The maximum atomic E-state index is 10.0. The van der Waals surface area contributed by atoms with Gasteiger partial charge in [0.2, 0.25) is 0 Å². The molecule has 1 aliphatic heterocycles. The molecule has 0 saturated carbocycles. The fourth-order valence-electron chi connectivity index (χ4n) is 2.39. The van der Waals surface area contributed by atoms with E-state index in [0.29, 0.717) is 10.0 Å². The van der Waals surface area contributed by atoms with Gasteiger partial charge >= 0.3 is 0 Å². The third-order valence-electron chi connectivity index (χ3n) is 3.41. The number of halogens is 2. The van der Waals surface area contributed by atoms with Crippen LogP contribution >= 0.6 is 23.2 Å². The van der Waals surface area contributed by atoms with Crippen molar-refractivity contribution in [1.82, 2.24) is 4.90 Å². The van der Waals surface area contributed by atoms with Crippen LogP contribution in [-0.4, -0.2) is 36.2 Å². The highest BCUT2D eigenvalue weighted by molar-refractivity contribution is 6.42. The van der Waals surface area contributed by atoms with Crippen molar-refractivity contribution in [3.05, 3.63) is 33.8 Å². The van der Waals surface area contributed by atoms with Gasteiger partial charge in [-0.1, -0.05) is 35.3 Å². The normalized spacial score (nSPS) is 26.1. The van der Waals surface area contributed by atoms with E-state index in [4.69, 9.17) is 23.2 Å². The van der Waals surface area contributed by atoms with E-state index in [1.165, 1.54) is 0 Å². The summed E-state index contributed by atoms with van der Waals surface area (Å²) in [5.74, 6) is 0.240. The molecule has 2 unspecified atom stereocenters. The lowest BCUT2D eigenvalue weighted by Crippen LogP contribution is -2.42. The van der Waals surface area contributed by atoms with Crippen molar-refractivity contribution < 1.29 is 5.11 Å². The van der Waals surface area contributed by atoms with Gasteiger partial charge in [-0.15, -0.1) is 0 Å². The SMILES string of the molecule is CN1CCC(O)C(Cc2cccc(Cl)c2Cl)C1. The van der Waals surface area contributed by atoms with Crippen LogP contribution in [0.5, 0.6) is 0 Å². The minimum Gasteiger partial charge on any atom is -0.393 e. The quantitative estimate of drug-likeness (QED) is 0.896. The first-order valence-electron chi connectivity index (χ1n) is 5.87. The average molecular weight is 274 g/mol. The summed E-state index contributed by atoms with van der Waals surface area (Å²) in [7, 11) is 2.08. The Kier molecular flexibility index (Phi) is 4.31. The fraction of sp³-hybridized carbons (Fsp3) is 0.538. The van der Waals surface area contributed by atoms with Gasteiger partial charge in [-0.3, -0.25) is 0 Å². The Morgan fingerprint density at radius 1 is 1.41 bits per heavy atom. The lowest BCUT2D eigenvalue weighted by Gasteiger charge is -2.34. The van der Waals surface area contributed by atoms with Crippen molar-refractivity contribution in [2.75, 3.05) is 20.1 Å². The monoisotopic (exact) mass is 273 g/mol. The molecule has 1 heterocycles. The lowest BCUT2D eigenvalue weighted by atomic mass is 9.89. The van der Waals surface area contributed by atoms with Gasteiger partial charge in [-0.2, -0.15) is 0 Å². The molecule has 4 heteroatoms. The first-order valence-corrected chi connectivity index (χ1v) is 6.63.